The molecular formula is C26H26N4. The van der Waals surface area contributed by atoms with E-state index in [1.165, 1.54) is 22.3 Å². The van der Waals surface area contributed by atoms with E-state index in [0.29, 0.717) is 13.1 Å². The summed E-state index contributed by atoms with van der Waals surface area (Å²) < 4.78 is 0. The van der Waals surface area contributed by atoms with Crippen LogP contribution in [-0.4, -0.2) is 22.9 Å². The first kappa shape index (κ1) is 21.3. The van der Waals surface area contributed by atoms with Crippen molar-refractivity contribution in [2.24, 2.45) is 0 Å². The zero-order valence-electron chi connectivity index (χ0n) is 17.1. The van der Waals surface area contributed by atoms with E-state index in [1.807, 2.05) is 36.4 Å². The Bertz CT molecular complexity index is 887. The minimum Gasteiger partial charge on any atom is -0.282 e. The van der Waals surface area contributed by atoms with Gasteiger partial charge in [-0.05, 0) is 22.3 Å². The normalized spacial score (nSPS) is 10.7. The van der Waals surface area contributed by atoms with Gasteiger partial charge in [0.15, 0.2) is 0 Å². The maximum Gasteiger partial charge on any atom is 0.0871 e. The van der Waals surface area contributed by atoms with Crippen molar-refractivity contribution in [2.75, 3.05) is 13.1 Å². The number of nitriles is 2. The maximum absolute atomic E-state index is 9.18. The second-order valence-electron chi connectivity index (χ2n) is 7.39. The highest BCUT2D eigenvalue weighted by Gasteiger charge is 2.09. The standard InChI is InChI=1S/C26H26N4/c27-15-17-29(19-23-7-3-1-4-8-23)21-25-11-13-26(14-12-25)22-30(18-16-28)20-24-9-5-2-6-10-24/h1-14H,17-22H2. The third kappa shape index (κ3) is 6.87. The lowest BCUT2D eigenvalue weighted by Gasteiger charge is -2.21. The monoisotopic (exact) mass is 394 g/mol. The van der Waals surface area contributed by atoms with Crippen molar-refractivity contribution in [2.45, 2.75) is 26.2 Å². The van der Waals surface area contributed by atoms with Crippen molar-refractivity contribution in [3.63, 3.8) is 0 Å². The fourth-order valence-corrected chi connectivity index (χ4v) is 3.49. The first-order chi connectivity index (χ1) is 14.8. The molecule has 3 rings (SSSR count). The van der Waals surface area contributed by atoms with E-state index in [4.69, 9.17) is 0 Å². The SMILES string of the molecule is N#CCN(Cc1ccccc1)Cc1ccc(CN(CC#N)Cc2ccccc2)cc1. The second kappa shape index (κ2) is 11.5. The number of benzene rings is 3. The fourth-order valence-electron chi connectivity index (χ4n) is 3.49. The van der Waals surface area contributed by atoms with Gasteiger partial charge in [0, 0.05) is 26.2 Å². The Hall–Kier alpha value is -3.44. The molecule has 0 spiro atoms. The molecule has 150 valence electrons. The van der Waals surface area contributed by atoms with Gasteiger partial charge >= 0.3 is 0 Å². The van der Waals surface area contributed by atoms with Gasteiger partial charge in [0.1, 0.15) is 0 Å². The van der Waals surface area contributed by atoms with Crippen LogP contribution in [0.1, 0.15) is 22.3 Å². The van der Waals surface area contributed by atoms with Gasteiger partial charge in [0.2, 0.25) is 0 Å². The predicted octanol–water partition coefficient (Wildman–Crippen LogP) is 4.74. The molecule has 0 aliphatic carbocycles. The molecule has 0 aliphatic heterocycles. The summed E-state index contributed by atoms with van der Waals surface area (Å²) in [6.45, 7) is 3.75. The van der Waals surface area contributed by atoms with Crippen molar-refractivity contribution >= 4 is 0 Å². The summed E-state index contributed by atoms with van der Waals surface area (Å²) in [7, 11) is 0. The van der Waals surface area contributed by atoms with Gasteiger partial charge in [-0.2, -0.15) is 10.5 Å². The lowest BCUT2D eigenvalue weighted by atomic mass is 10.1. The fraction of sp³-hybridized carbons (Fsp3) is 0.231. The van der Waals surface area contributed by atoms with Gasteiger partial charge in [-0.25, -0.2) is 0 Å². The van der Waals surface area contributed by atoms with Crippen LogP contribution in [-0.2, 0) is 26.2 Å². The zero-order valence-corrected chi connectivity index (χ0v) is 17.1. The van der Waals surface area contributed by atoms with E-state index < -0.39 is 0 Å². The van der Waals surface area contributed by atoms with Crippen LogP contribution in [0.5, 0.6) is 0 Å². The van der Waals surface area contributed by atoms with E-state index in [-0.39, 0.29) is 0 Å². The topological polar surface area (TPSA) is 54.1 Å². The summed E-state index contributed by atoms with van der Waals surface area (Å²) in [4.78, 5) is 4.28. The van der Waals surface area contributed by atoms with E-state index in [1.54, 1.807) is 0 Å². The number of nitrogens with zero attached hydrogens (tertiary/aromatic N) is 4. The van der Waals surface area contributed by atoms with E-state index in [9.17, 15) is 10.5 Å². The Morgan fingerprint density at radius 1 is 0.467 bits per heavy atom. The molecule has 0 N–H and O–H groups in total. The Morgan fingerprint density at radius 3 is 1.07 bits per heavy atom. The van der Waals surface area contributed by atoms with E-state index in [2.05, 4.69) is 70.5 Å². The summed E-state index contributed by atoms with van der Waals surface area (Å²) in [5, 5.41) is 18.4. The van der Waals surface area contributed by atoms with Gasteiger partial charge in [-0.1, -0.05) is 84.9 Å². The van der Waals surface area contributed by atoms with Crippen molar-refractivity contribution in [1.29, 1.82) is 10.5 Å². The molecule has 30 heavy (non-hydrogen) atoms. The molecule has 0 atom stereocenters. The summed E-state index contributed by atoms with van der Waals surface area (Å²) in [6, 6.07) is 33.5. The molecule has 0 radical (unpaired) electrons. The van der Waals surface area contributed by atoms with Crippen LogP contribution in [0, 0.1) is 22.7 Å². The molecular weight excluding hydrogens is 368 g/mol. The molecule has 4 nitrogen and oxygen atoms in total. The zero-order chi connectivity index (χ0) is 21.0. The smallest absolute Gasteiger partial charge is 0.0871 e. The average Bonchev–Trinajstić information content (AvgIpc) is 2.77. The van der Waals surface area contributed by atoms with Crippen molar-refractivity contribution < 1.29 is 0 Å². The summed E-state index contributed by atoms with van der Waals surface area (Å²) in [6.07, 6.45) is 0. The number of rotatable bonds is 10. The third-order valence-electron chi connectivity index (χ3n) is 4.92. The molecule has 3 aromatic carbocycles. The van der Waals surface area contributed by atoms with E-state index >= 15 is 0 Å². The Labute approximate surface area is 179 Å². The summed E-state index contributed by atoms with van der Waals surface area (Å²) in [5.41, 5.74) is 4.77. The molecule has 3 aromatic rings. The molecule has 0 fully saturated rings. The Kier molecular flexibility index (Phi) is 8.18. The largest absolute Gasteiger partial charge is 0.282 e. The summed E-state index contributed by atoms with van der Waals surface area (Å²) in [5.74, 6) is 0. The van der Waals surface area contributed by atoms with Gasteiger partial charge in [-0.3, -0.25) is 9.80 Å². The Morgan fingerprint density at radius 2 is 0.767 bits per heavy atom. The minimum absolute atomic E-state index is 0.393. The van der Waals surface area contributed by atoms with Crippen LogP contribution >= 0.6 is 0 Å². The average molecular weight is 395 g/mol. The molecule has 0 aromatic heterocycles. The number of hydrogen-bond acceptors (Lipinski definition) is 4. The van der Waals surface area contributed by atoms with Crippen LogP contribution in [0.25, 0.3) is 0 Å². The highest BCUT2D eigenvalue weighted by molar-refractivity contribution is 5.24. The quantitative estimate of drug-likeness (QED) is 0.466. The van der Waals surface area contributed by atoms with E-state index in [0.717, 1.165) is 26.2 Å². The van der Waals surface area contributed by atoms with Crippen LogP contribution in [0.2, 0.25) is 0 Å². The summed E-state index contributed by atoms with van der Waals surface area (Å²) >= 11 is 0. The molecule has 0 saturated heterocycles. The predicted molar refractivity (Wildman–Crippen MR) is 119 cm³/mol. The molecule has 0 heterocycles. The van der Waals surface area contributed by atoms with Crippen molar-refractivity contribution in [3.05, 3.63) is 107 Å². The highest BCUT2D eigenvalue weighted by atomic mass is 15.1. The van der Waals surface area contributed by atoms with Gasteiger partial charge in [-0.15, -0.1) is 0 Å². The third-order valence-corrected chi connectivity index (χ3v) is 4.92. The second-order valence-corrected chi connectivity index (χ2v) is 7.39. The lowest BCUT2D eigenvalue weighted by molar-refractivity contribution is 0.287. The lowest BCUT2D eigenvalue weighted by Crippen LogP contribution is -2.24. The highest BCUT2D eigenvalue weighted by Crippen LogP contribution is 2.14. The van der Waals surface area contributed by atoms with Crippen LogP contribution < -0.4 is 0 Å². The molecule has 0 unspecified atom stereocenters. The van der Waals surface area contributed by atoms with Gasteiger partial charge < -0.3 is 0 Å². The molecule has 4 heteroatoms. The minimum atomic E-state index is 0.393. The molecule has 0 saturated carbocycles. The van der Waals surface area contributed by atoms with Gasteiger partial charge in [0.25, 0.3) is 0 Å². The molecule has 0 bridgehead atoms. The van der Waals surface area contributed by atoms with Crippen LogP contribution in [0.15, 0.2) is 84.9 Å². The van der Waals surface area contributed by atoms with Crippen molar-refractivity contribution in [3.8, 4) is 12.1 Å². The molecule has 0 aliphatic rings. The molecule has 0 amide bonds. The van der Waals surface area contributed by atoms with Crippen molar-refractivity contribution in [1.82, 2.24) is 9.80 Å². The number of hydrogen-bond donors (Lipinski definition) is 0. The van der Waals surface area contributed by atoms with Crippen LogP contribution in [0.4, 0.5) is 0 Å². The Balaban J connectivity index is 1.61. The first-order valence-electron chi connectivity index (χ1n) is 10.1. The first-order valence-corrected chi connectivity index (χ1v) is 10.1. The van der Waals surface area contributed by atoms with Gasteiger partial charge in [0.05, 0.1) is 25.2 Å². The van der Waals surface area contributed by atoms with Crippen LogP contribution in [0.3, 0.4) is 0 Å². The maximum atomic E-state index is 9.18.